The number of aryl methyl sites for hydroxylation is 1. The average molecular weight is 522 g/mol. The molecule has 3 aliphatic rings. The van der Waals surface area contributed by atoms with E-state index in [1.807, 2.05) is 23.5 Å². The van der Waals surface area contributed by atoms with Crippen LogP contribution in [0.15, 0.2) is 29.2 Å². The standard InChI is InChI=1S/C29H35N3O4S/c1-3-36-29(34)23-16-32(20-7-8-20)26-22(27(23)33)10-9-21(28(26)35-2)25-14-17-13-18(6-11-24(17)37-25)31-15-19-5-4-12-30-19/h9-10,14,16,18-20,30-31H,3-8,11-13,15H2,1-2H3. The van der Waals surface area contributed by atoms with Gasteiger partial charge in [0.2, 0.25) is 5.43 Å². The Balaban J connectivity index is 1.35. The lowest BCUT2D eigenvalue weighted by Gasteiger charge is -2.25. The Bertz CT molecular complexity index is 1380. The van der Waals surface area contributed by atoms with E-state index in [1.54, 1.807) is 20.2 Å². The van der Waals surface area contributed by atoms with Crippen LogP contribution in [0.3, 0.4) is 0 Å². The van der Waals surface area contributed by atoms with Crippen molar-refractivity contribution in [3.8, 4) is 16.2 Å². The molecule has 1 aromatic carbocycles. The molecule has 3 aromatic rings. The lowest BCUT2D eigenvalue weighted by Crippen LogP contribution is -2.41. The van der Waals surface area contributed by atoms with Gasteiger partial charge in [0.15, 0.2) is 5.75 Å². The van der Waals surface area contributed by atoms with Crippen molar-refractivity contribution in [1.82, 2.24) is 15.2 Å². The van der Waals surface area contributed by atoms with Crippen LogP contribution in [0.1, 0.15) is 65.9 Å². The van der Waals surface area contributed by atoms with Gasteiger partial charge in [-0.15, -0.1) is 11.3 Å². The van der Waals surface area contributed by atoms with Crippen molar-refractivity contribution < 1.29 is 14.3 Å². The van der Waals surface area contributed by atoms with Gasteiger partial charge >= 0.3 is 5.97 Å². The minimum Gasteiger partial charge on any atom is -0.494 e. The van der Waals surface area contributed by atoms with Crippen LogP contribution in [0.4, 0.5) is 0 Å². The number of rotatable bonds is 8. The van der Waals surface area contributed by atoms with Crippen LogP contribution >= 0.6 is 11.3 Å². The normalized spacial score (nSPS) is 21.2. The summed E-state index contributed by atoms with van der Waals surface area (Å²) in [5.74, 6) is 0.141. The van der Waals surface area contributed by atoms with Crippen molar-refractivity contribution in [2.45, 2.75) is 70.0 Å². The fourth-order valence-corrected chi connectivity index (χ4v) is 7.11. The number of fused-ring (bicyclic) bond motifs is 2. The van der Waals surface area contributed by atoms with Crippen LogP contribution in [0.5, 0.6) is 5.75 Å². The van der Waals surface area contributed by atoms with E-state index in [-0.39, 0.29) is 23.6 Å². The largest absolute Gasteiger partial charge is 0.494 e. The van der Waals surface area contributed by atoms with E-state index in [0.717, 1.165) is 56.3 Å². The van der Waals surface area contributed by atoms with Crippen LogP contribution in [0.2, 0.25) is 0 Å². The molecule has 0 radical (unpaired) electrons. The molecule has 1 aliphatic heterocycles. The highest BCUT2D eigenvalue weighted by Crippen LogP contribution is 2.45. The quantitative estimate of drug-likeness (QED) is 0.427. The van der Waals surface area contributed by atoms with Crippen LogP contribution in [-0.4, -0.2) is 49.4 Å². The van der Waals surface area contributed by atoms with E-state index in [4.69, 9.17) is 9.47 Å². The topological polar surface area (TPSA) is 81.6 Å². The van der Waals surface area contributed by atoms with Gasteiger partial charge in [-0.05, 0) is 82.2 Å². The zero-order valence-electron chi connectivity index (χ0n) is 21.6. The van der Waals surface area contributed by atoms with Gasteiger partial charge in [-0.25, -0.2) is 4.79 Å². The molecule has 2 atom stereocenters. The van der Waals surface area contributed by atoms with Gasteiger partial charge in [0.25, 0.3) is 0 Å². The third kappa shape index (κ3) is 4.71. The van der Waals surface area contributed by atoms with E-state index in [1.165, 1.54) is 28.2 Å². The molecular formula is C29H35N3O4S. The number of carbonyl (C=O) groups excluding carboxylic acids is 1. The third-order valence-corrected chi connectivity index (χ3v) is 9.22. The number of thiophene rings is 1. The Hall–Kier alpha value is -2.68. The number of carbonyl (C=O) groups is 1. The second-order valence-corrected chi connectivity index (χ2v) is 11.6. The zero-order valence-corrected chi connectivity index (χ0v) is 22.4. The van der Waals surface area contributed by atoms with Crippen LogP contribution < -0.4 is 20.8 Å². The molecule has 2 unspecified atom stereocenters. The van der Waals surface area contributed by atoms with Crippen molar-refractivity contribution >= 4 is 28.2 Å². The minimum atomic E-state index is -0.565. The van der Waals surface area contributed by atoms with Crippen molar-refractivity contribution in [2.75, 3.05) is 26.8 Å². The molecular weight excluding hydrogens is 486 g/mol. The number of nitrogens with zero attached hydrogens (tertiary/aromatic N) is 1. The van der Waals surface area contributed by atoms with E-state index >= 15 is 0 Å². The number of hydrogen-bond acceptors (Lipinski definition) is 7. The molecule has 1 saturated carbocycles. The Morgan fingerprint density at radius 1 is 1.24 bits per heavy atom. The van der Waals surface area contributed by atoms with Crippen molar-refractivity contribution in [3.63, 3.8) is 0 Å². The molecule has 2 fully saturated rings. The van der Waals surface area contributed by atoms with Crippen molar-refractivity contribution in [3.05, 3.63) is 50.6 Å². The first-order chi connectivity index (χ1) is 18.1. The minimum absolute atomic E-state index is 0.0917. The molecule has 6 rings (SSSR count). The summed E-state index contributed by atoms with van der Waals surface area (Å²) in [5.41, 5.74) is 2.99. The summed E-state index contributed by atoms with van der Waals surface area (Å²) in [4.78, 5) is 28.5. The Kier molecular flexibility index (Phi) is 6.82. The highest BCUT2D eigenvalue weighted by atomic mass is 32.1. The summed E-state index contributed by atoms with van der Waals surface area (Å²) >= 11 is 1.84. The highest BCUT2D eigenvalue weighted by molar-refractivity contribution is 7.15. The summed E-state index contributed by atoms with van der Waals surface area (Å²) in [6, 6.07) is 7.53. The predicted octanol–water partition coefficient (Wildman–Crippen LogP) is 4.45. The maximum Gasteiger partial charge on any atom is 0.343 e. The van der Waals surface area contributed by atoms with Crippen LogP contribution in [0.25, 0.3) is 21.3 Å². The number of nitrogens with one attached hydrogen (secondary N) is 2. The zero-order chi connectivity index (χ0) is 25.5. The van der Waals surface area contributed by atoms with Gasteiger partial charge in [-0.3, -0.25) is 4.79 Å². The smallest absolute Gasteiger partial charge is 0.343 e. The first kappa shape index (κ1) is 24.6. The molecule has 2 aliphatic carbocycles. The Morgan fingerprint density at radius 2 is 2.11 bits per heavy atom. The molecule has 8 heteroatoms. The number of methoxy groups -OCH3 is 1. The SMILES string of the molecule is CCOC(=O)c1cn(C2CC2)c2c(OC)c(-c3cc4c(s3)CCC(NCC3CCCN3)C4)ccc2c1=O. The van der Waals surface area contributed by atoms with Gasteiger partial charge < -0.3 is 24.7 Å². The second kappa shape index (κ2) is 10.2. The van der Waals surface area contributed by atoms with Gasteiger partial charge in [0.1, 0.15) is 5.56 Å². The van der Waals surface area contributed by atoms with Crippen LogP contribution in [-0.2, 0) is 17.6 Å². The molecule has 3 heterocycles. The molecule has 2 N–H and O–H groups in total. The maximum absolute atomic E-state index is 13.3. The molecule has 0 bridgehead atoms. The fraction of sp³-hybridized carbons (Fsp3) is 0.517. The predicted molar refractivity (Wildman–Crippen MR) is 147 cm³/mol. The molecule has 2 aromatic heterocycles. The molecule has 37 heavy (non-hydrogen) atoms. The monoisotopic (exact) mass is 521 g/mol. The van der Waals surface area contributed by atoms with E-state index < -0.39 is 5.97 Å². The first-order valence-corrected chi connectivity index (χ1v) is 14.4. The third-order valence-electron chi connectivity index (χ3n) is 7.95. The van der Waals surface area contributed by atoms with Gasteiger partial charge in [-0.2, -0.15) is 0 Å². The molecule has 0 spiro atoms. The van der Waals surface area contributed by atoms with Gasteiger partial charge in [-0.1, -0.05) is 0 Å². The Labute approximate surface area is 221 Å². The maximum atomic E-state index is 13.3. The summed E-state index contributed by atoms with van der Waals surface area (Å²) < 4.78 is 13.2. The molecule has 0 amide bonds. The number of benzene rings is 1. The second-order valence-electron chi connectivity index (χ2n) is 10.5. The van der Waals surface area contributed by atoms with E-state index in [9.17, 15) is 9.59 Å². The highest BCUT2D eigenvalue weighted by Gasteiger charge is 2.30. The summed E-state index contributed by atoms with van der Waals surface area (Å²) in [5, 5.41) is 7.88. The summed E-state index contributed by atoms with van der Waals surface area (Å²) in [6.45, 7) is 4.17. The van der Waals surface area contributed by atoms with Crippen molar-refractivity contribution in [2.24, 2.45) is 0 Å². The molecule has 196 valence electrons. The van der Waals surface area contributed by atoms with Gasteiger partial charge in [0.05, 0.1) is 24.6 Å². The lowest BCUT2D eigenvalue weighted by atomic mass is 9.93. The van der Waals surface area contributed by atoms with Gasteiger partial charge in [0, 0.05) is 46.2 Å². The summed E-state index contributed by atoms with van der Waals surface area (Å²) in [7, 11) is 1.67. The molecule has 1 saturated heterocycles. The summed E-state index contributed by atoms with van der Waals surface area (Å²) in [6.07, 6.45) is 9.56. The number of pyridine rings is 1. The van der Waals surface area contributed by atoms with Crippen LogP contribution in [0, 0.1) is 0 Å². The number of ether oxygens (including phenoxy) is 2. The van der Waals surface area contributed by atoms with E-state index in [2.05, 4.69) is 21.3 Å². The number of aromatic nitrogens is 1. The lowest BCUT2D eigenvalue weighted by molar-refractivity contribution is 0.0524. The van der Waals surface area contributed by atoms with Crippen molar-refractivity contribution in [1.29, 1.82) is 0 Å². The number of esters is 1. The first-order valence-electron chi connectivity index (χ1n) is 13.6. The average Bonchev–Trinajstić information content (AvgIpc) is 3.44. The number of hydrogen-bond donors (Lipinski definition) is 2. The Morgan fingerprint density at radius 3 is 2.84 bits per heavy atom. The van der Waals surface area contributed by atoms with E-state index in [0.29, 0.717) is 23.2 Å². The molecule has 7 nitrogen and oxygen atoms in total. The fourth-order valence-electron chi connectivity index (χ4n) is 5.88.